The van der Waals surface area contributed by atoms with Gasteiger partial charge in [0.05, 0.1) is 29.3 Å². The number of thiophene rings is 1. The molecule has 4 rings (SSSR count). The van der Waals surface area contributed by atoms with Gasteiger partial charge in [-0.15, -0.1) is 23.1 Å². The highest BCUT2D eigenvalue weighted by Gasteiger charge is 2.27. The Labute approximate surface area is 157 Å². The number of carboxylic acid groups (broad SMARTS) is 1. The maximum absolute atomic E-state index is 12.2. The van der Waals surface area contributed by atoms with E-state index in [-0.39, 0.29) is 16.7 Å². The third-order valence-electron chi connectivity index (χ3n) is 4.14. The van der Waals surface area contributed by atoms with Gasteiger partial charge >= 0.3 is 5.97 Å². The van der Waals surface area contributed by atoms with Crippen LogP contribution >= 0.6 is 23.1 Å². The van der Waals surface area contributed by atoms with E-state index >= 15 is 0 Å². The van der Waals surface area contributed by atoms with Gasteiger partial charge in [0.15, 0.2) is 0 Å². The Hall–Kier alpha value is -2.58. The molecule has 0 radical (unpaired) electrons. The number of carbonyl (C=O) groups is 2. The number of carboxylic acids is 1. The van der Waals surface area contributed by atoms with Gasteiger partial charge in [-0.3, -0.25) is 4.79 Å². The molecule has 1 amide bonds. The molecule has 1 aromatic carbocycles. The molecule has 0 fully saturated rings. The summed E-state index contributed by atoms with van der Waals surface area (Å²) in [6.45, 7) is 0.600. The SMILES string of the molecule is O=C1CSC(c2ccc(C(=O)O)cc2)c2cnn(Cc3cccs3)c2N1. The van der Waals surface area contributed by atoms with Gasteiger partial charge in [-0.25, -0.2) is 9.48 Å². The minimum absolute atomic E-state index is 0.0613. The molecule has 2 N–H and O–H groups in total. The molecule has 6 nitrogen and oxygen atoms in total. The van der Waals surface area contributed by atoms with Crippen molar-refractivity contribution < 1.29 is 14.7 Å². The van der Waals surface area contributed by atoms with Crippen LogP contribution in [0.15, 0.2) is 48.0 Å². The summed E-state index contributed by atoms with van der Waals surface area (Å²) in [6.07, 6.45) is 1.79. The number of aromatic nitrogens is 2. The van der Waals surface area contributed by atoms with E-state index in [4.69, 9.17) is 5.11 Å². The number of nitrogens with zero attached hydrogens (tertiary/aromatic N) is 2. The Bertz CT molecular complexity index is 949. The van der Waals surface area contributed by atoms with Gasteiger partial charge in [-0.05, 0) is 29.1 Å². The highest BCUT2D eigenvalue weighted by Crippen LogP contribution is 2.41. The van der Waals surface area contributed by atoms with Crippen molar-refractivity contribution in [1.82, 2.24) is 9.78 Å². The third-order valence-corrected chi connectivity index (χ3v) is 6.28. The molecule has 2 aromatic heterocycles. The smallest absolute Gasteiger partial charge is 0.335 e. The van der Waals surface area contributed by atoms with Crippen molar-refractivity contribution in [2.24, 2.45) is 0 Å². The molecule has 0 aliphatic carbocycles. The van der Waals surface area contributed by atoms with Crippen LogP contribution in [0.4, 0.5) is 5.82 Å². The van der Waals surface area contributed by atoms with Gasteiger partial charge in [0.2, 0.25) is 5.91 Å². The van der Waals surface area contributed by atoms with E-state index in [0.717, 1.165) is 16.0 Å². The van der Waals surface area contributed by atoms with E-state index in [1.165, 1.54) is 11.8 Å². The molecule has 3 aromatic rings. The fraction of sp³-hybridized carbons (Fsp3) is 0.167. The lowest BCUT2D eigenvalue weighted by atomic mass is 10.0. The van der Waals surface area contributed by atoms with Crippen molar-refractivity contribution >= 4 is 40.8 Å². The van der Waals surface area contributed by atoms with Gasteiger partial charge in [0.25, 0.3) is 0 Å². The Kier molecular flexibility index (Phi) is 4.52. The molecule has 1 unspecified atom stereocenters. The largest absolute Gasteiger partial charge is 0.478 e. The summed E-state index contributed by atoms with van der Waals surface area (Å²) in [6, 6.07) is 10.8. The fourth-order valence-electron chi connectivity index (χ4n) is 2.89. The number of nitrogens with one attached hydrogen (secondary N) is 1. The summed E-state index contributed by atoms with van der Waals surface area (Å²) in [7, 11) is 0. The third kappa shape index (κ3) is 3.25. The second-order valence-corrected chi connectivity index (χ2v) is 7.98. The standard InChI is InChI=1S/C18H15N3O3S2/c22-15-10-26-16(11-3-5-12(6-4-11)18(23)24)14-8-19-21(17(14)20-15)9-13-2-1-7-25-13/h1-8,16H,9-10H2,(H,20,22)(H,23,24). The van der Waals surface area contributed by atoms with Crippen LogP contribution in [0, 0.1) is 0 Å². The van der Waals surface area contributed by atoms with Crippen LogP contribution in [0.5, 0.6) is 0 Å². The predicted molar refractivity (Wildman–Crippen MR) is 102 cm³/mol. The van der Waals surface area contributed by atoms with Crippen molar-refractivity contribution in [2.45, 2.75) is 11.8 Å². The first kappa shape index (κ1) is 16.9. The van der Waals surface area contributed by atoms with Gasteiger partial charge in [0.1, 0.15) is 5.82 Å². The number of thioether (sulfide) groups is 1. The van der Waals surface area contributed by atoms with E-state index in [9.17, 15) is 9.59 Å². The first-order chi connectivity index (χ1) is 12.6. The number of hydrogen-bond donors (Lipinski definition) is 2. The number of benzene rings is 1. The van der Waals surface area contributed by atoms with Crippen LogP contribution in [-0.2, 0) is 11.3 Å². The van der Waals surface area contributed by atoms with Crippen LogP contribution < -0.4 is 5.32 Å². The second kappa shape index (κ2) is 6.97. The van der Waals surface area contributed by atoms with Crippen LogP contribution in [0.3, 0.4) is 0 Å². The van der Waals surface area contributed by atoms with Crippen molar-refractivity contribution in [2.75, 3.05) is 11.1 Å². The summed E-state index contributed by atoms with van der Waals surface area (Å²) in [5.74, 6) is 0.0277. The van der Waals surface area contributed by atoms with Crippen LogP contribution in [-0.4, -0.2) is 32.5 Å². The molecule has 8 heteroatoms. The van der Waals surface area contributed by atoms with Crippen molar-refractivity contribution in [3.05, 3.63) is 69.5 Å². The van der Waals surface area contributed by atoms with E-state index in [2.05, 4.69) is 10.4 Å². The van der Waals surface area contributed by atoms with Crippen LogP contribution in [0.25, 0.3) is 0 Å². The lowest BCUT2D eigenvalue weighted by Gasteiger charge is -2.14. The average molecular weight is 385 g/mol. The highest BCUT2D eigenvalue weighted by atomic mass is 32.2. The fourth-order valence-corrected chi connectivity index (χ4v) is 4.67. The number of amides is 1. The number of fused-ring (bicyclic) bond motifs is 1. The van der Waals surface area contributed by atoms with E-state index in [1.807, 2.05) is 22.2 Å². The van der Waals surface area contributed by atoms with Crippen LogP contribution in [0.1, 0.15) is 31.6 Å². The van der Waals surface area contributed by atoms with Gasteiger partial charge in [-0.1, -0.05) is 18.2 Å². The summed E-state index contributed by atoms with van der Waals surface area (Å²) in [5, 5.41) is 18.4. The number of rotatable bonds is 4. The molecule has 3 heterocycles. The predicted octanol–water partition coefficient (Wildman–Crippen LogP) is 3.47. The molecule has 0 spiro atoms. The Morgan fingerprint density at radius 2 is 2.12 bits per heavy atom. The zero-order valence-electron chi connectivity index (χ0n) is 13.6. The second-order valence-electron chi connectivity index (χ2n) is 5.85. The first-order valence-electron chi connectivity index (χ1n) is 7.94. The maximum Gasteiger partial charge on any atom is 0.335 e. The number of anilines is 1. The van der Waals surface area contributed by atoms with Crippen LogP contribution in [0.2, 0.25) is 0 Å². The summed E-state index contributed by atoms with van der Waals surface area (Å²) in [5.41, 5.74) is 2.13. The quantitative estimate of drug-likeness (QED) is 0.718. The normalized spacial score (nSPS) is 16.6. The Balaban J connectivity index is 1.71. The highest BCUT2D eigenvalue weighted by molar-refractivity contribution is 8.00. The topological polar surface area (TPSA) is 84.2 Å². The number of carbonyl (C=O) groups excluding carboxylic acids is 1. The minimum Gasteiger partial charge on any atom is -0.478 e. The van der Waals surface area contributed by atoms with Gasteiger partial charge < -0.3 is 10.4 Å². The Morgan fingerprint density at radius 1 is 1.31 bits per heavy atom. The summed E-state index contributed by atoms with van der Waals surface area (Å²) in [4.78, 5) is 24.4. The van der Waals surface area contributed by atoms with Crippen molar-refractivity contribution in [3.63, 3.8) is 0 Å². The van der Waals surface area contributed by atoms with E-state index < -0.39 is 5.97 Å². The molecule has 1 aliphatic rings. The van der Waals surface area contributed by atoms with Gasteiger partial charge in [0, 0.05) is 10.4 Å². The van der Waals surface area contributed by atoms with E-state index in [1.54, 1.807) is 41.8 Å². The van der Waals surface area contributed by atoms with Gasteiger partial charge in [-0.2, -0.15) is 5.10 Å². The minimum atomic E-state index is -0.952. The number of hydrogen-bond acceptors (Lipinski definition) is 5. The molecule has 1 atom stereocenters. The average Bonchev–Trinajstić information content (AvgIpc) is 3.24. The number of aromatic carboxylic acids is 1. The summed E-state index contributed by atoms with van der Waals surface area (Å²) >= 11 is 3.16. The molecule has 132 valence electrons. The molecule has 0 saturated carbocycles. The molecule has 1 aliphatic heterocycles. The lowest BCUT2D eigenvalue weighted by Crippen LogP contribution is -2.16. The monoisotopic (exact) mass is 385 g/mol. The first-order valence-corrected chi connectivity index (χ1v) is 9.87. The Morgan fingerprint density at radius 3 is 2.81 bits per heavy atom. The molecule has 26 heavy (non-hydrogen) atoms. The van der Waals surface area contributed by atoms with E-state index in [0.29, 0.717) is 18.1 Å². The van der Waals surface area contributed by atoms with Crippen molar-refractivity contribution in [1.29, 1.82) is 0 Å². The zero-order valence-corrected chi connectivity index (χ0v) is 15.2. The summed E-state index contributed by atoms with van der Waals surface area (Å²) < 4.78 is 1.81. The lowest BCUT2D eigenvalue weighted by molar-refractivity contribution is -0.113. The maximum atomic E-state index is 12.2. The molecule has 0 saturated heterocycles. The molecular formula is C18H15N3O3S2. The molecule has 0 bridgehead atoms. The van der Waals surface area contributed by atoms with Crippen molar-refractivity contribution in [3.8, 4) is 0 Å². The zero-order chi connectivity index (χ0) is 18.1. The molecular weight excluding hydrogens is 370 g/mol.